The highest BCUT2D eigenvalue weighted by molar-refractivity contribution is 5.36. The molecular weight excluding hydrogens is 455 g/mol. The molecule has 3 aromatic rings. The van der Waals surface area contributed by atoms with E-state index in [4.69, 9.17) is 4.74 Å². The number of aryl methyl sites for hydroxylation is 1. The van der Waals surface area contributed by atoms with Crippen molar-refractivity contribution in [3.05, 3.63) is 93.8 Å². The Hall–Kier alpha value is -3.37. The maximum atomic E-state index is 14.3. The molecule has 32 heavy (non-hydrogen) atoms. The van der Waals surface area contributed by atoms with Crippen molar-refractivity contribution in [2.75, 3.05) is 0 Å². The molecule has 0 bridgehead atoms. The van der Waals surface area contributed by atoms with Crippen LogP contribution in [0.2, 0.25) is 0 Å². The van der Waals surface area contributed by atoms with E-state index in [0.717, 1.165) is 13.0 Å². The summed E-state index contributed by atoms with van der Waals surface area (Å²) in [5, 5.41) is 0. The molecule has 170 valence electrons. The Morgan fingerprint density at radius 2 is 1.25 bits per heavy atom. The van der Waals surface area contributed by atoms with Crippen LogP contribution in [0, 0.1) is 47.6 Å². The summed E-state index contributed by atoms with van der Waals surface area (Å²) in [6.45, 7) is 0.401. The molecule has 0 aromatic heterocycles. The molecule has 0 unspecified atom stereocenters. The zero-order valence-electron chi connectivity index (χ0n) is 15.9. The van der Waals surface area contributed by atoms with E-state index in [1.807, 2.05) is 0 Å². The quantitative estimate of drug-likeness (QED) is 0.298. The standard InChI is InChI=1S/C21H11F9O2/c1-9-2-3-11(17(25)16(9)24)21(29,30)32-15-5-4-14(19(27)20(15)28)31-8-10-6-12(22)18(26)13(23)7-10/h2-7H,8H2,1H3. The Labute approximate surface area is 174 Å². The fourth-order valence-corrected chi connectivity index (χ4v) is 2.62. The minimum Gasteiger partial charge on any atom is -0.486 e. The molecule has 11 heteroatoms. The maximum Gasteiger partial charge on any atom is 0.429 e. The summed E-state index contributed by atoms with van der Waals surface area (Å²) in [6.07, 6.45) is -4.57. The molecule has 2 nitrogen and oxygen atoms in total. The summed E-state index contributed by atoms with van der Waals surface area (Å²) < 4.78 is 133. The fourth-order valence-electron chi connectivity index (χ4n) is 2.62. The molecule has 3 aromatic carbocycles. The molecule has 0 atom stereocenters. The van der Waals surface area contributed by atoms with E-state index in [0.29, 0.717) is 30.3 Å². The molecule has 0 radical (unpaired) electrons. The van der Waals surface area contributed by atoms with Crippen LogP contribution in [-0.2, 0) is 12.7 Å². The van der Waals surface area contributed by atoms with Gasteiger partial charge >= 0.3 is 6.11 Å². The van der Waals surface area contributed by atoms with Gasteiger partial charge in [-0.1, -0.05) is 6.07 Å². The Bertz CT molecular complexity index is 1160. The van der Waals surface area contributed by atoms with Gasteiger partial charge in [-0.15, -0.1) is 0 Å². The van der Waals surface area contributed by atoms with Gasteiger partial charge in [0.15, 0.2) is 40.6 Å². The fraction of sp³-hybridized carbons (Fsp3) is 0.143. The number of rotatable bonds is 6. The van der Waals surface area contributed by atoms with Crippen molar-refractivity contribution in [1.82, 2.24) is 0 Å². The van der Waals surface area contributed by atoms with Gasteiger partial charge in [0.2, 0.25) is 11.6 Å². The van der Waals surface area contributed by atoms with Crippen molar-refractivity contribution in [2.45, 2.75) is 19.6 Å². The van der Waals surface area contributed by atoms with E-state index in [-0.39, 0.29) is 11.1 Å². The van der Waals surface area contributed by atoms with Gasteiger partial charge < -0.3 is 9.47 Å². The zero-order chi connectivity index (χ0) is 23.8. The lowest BCUT2D eigenvalue weighted by molar-refractivity contribution is -0.189. The molecule has 0 aliphatic heterocycles. The van der Waals surface area contributed by atoms with Gasteiger partial charge in [-0.2, -0.15) is 17.6 Å². The van der Waals surface area contributed by atoms with E-state index in [1.165, 1.54) is 0 Å². The maximum absolute atomic E-state index is 14.3. The van der Waals surface area contributed by atoms with Crippen molar-refractivity contribution in [3.63, 3.8) is 0 Å². The summed E-state index contributed by atoms with van der Waals surface area (Å²) in [6, 6.07) is 3.67. The largest absolute Gasteiger partial charge is 0.486 e. The smallest absolute Gasteiger partial charge is 0.429 e. The van der Waals surface area contributed by atoms with Crippen LogP contribution >= 0.6 is 0 Å². The summed E-state index contributed by atoms with van der Waals surface area (Å²) in [5.41, 5.74) is -2.08. The number of alkyl halides is 2. The number of halogens is 9. The van der Waals surface area contributed by atoms with Gasteiger partial charge in [-0.3, -0.25) is 0 Å². The van der Waals surface area contributed by atoms with Gasteiger partial charge in [0, 0.05) is 0 Å². The second-order valence-corrected chi connectivity index (χ2v) is 6.53. The van der Waals surface area contributed by atoms with Crippen LogP contribution in [0.4, 0.5) is 39.5 Å². The van der Waals surface area contributed by atoms with Gasteiger partial charge in [-0.05, 0) is 48.4 Å². The van der Waals surface area contributed by atoms with Crippen LogP contribution in [0.5, 0.6) is 11.5 Å². The molecule has 0 heterocycles. The van der Waals surface area contributed by atoms with Crippen molar-refractivity contribution in [3.8, 4) is 11.5 Å². The van der Waals surface area contributed by atoms with E-state index in [9.17, 15) is 39.5 Å². The third kappa shape index (κ3) is 4.46. The first kappa shape index (κ1) is 23.3. The lowest BCUT2D eigenvalue weighted by atomic mass is 10.1. The lowest BCUT2D eigenvalue weighted by Crippen LogP contribution is -2.25. The molecule has 0 amide bonds. The van der Waals surface area contributed by atoms with E-state index < -0.39 is 70.5 Å². The van der Waals surface area contributed by atoms with Crippen molar-refractivity contribution < 1.29 is 49.0 Å². The highest BCUT2D eigenvalue weighted by Gasteiger charge is 2.40. The molecule has 0 fully saturated rings. The van der Waals surface area contributed by atoms with Gasteiger partial charge in [-0.25, -0.2) is 22.0 Å². The number of benzene rings is 3. The summed E-state index contributed by atoms with van der Waals surface area (Å²) in [5.74, 6) is -14.3. The van der Waals surface area contributed by atoms with E-state index >= 15 is 0 Å². The third-order valence-corrected chi connectivity index (χ3v) is 4.28. The molecule has 0 aliphatic rings. The molecule has 0 saturated heterocycles. The number of ether oxygens (including phenoxy) is 2. The molecular formula is C21H11F9O2. The Balaban J connectivity index is 1.82. The average Bonchev–Trinajstić information content (AvgIpc) is 2.72. The van der Waals surface area contributed by atoms with Crippen LogP contribution in [0.3, 0.4) is 0 Å². The second-order valence-electron chi connectivity index (χ2n) is 6.53. The van der Waals surface area contributed by atoms with Crippen LogP contribution in [0.1, 0.15) is 16.7 Å². The predicted molar refractivity (Wildman–Crippen MR) is 92.6 cm³/mol. The first-order valence-corrected chi connectivity index (χ1v) is 8.68. The Kier molecular flexibility index (Phi) is 6.29. The highest BCUT2D eigenvalue weighted by Crippen LogP contribution is 2.37. The first-order valence-electron chi connectivity index (χ1n) is 8.68. The number of hydrogen-bond donors (Lipinski definition) is 0. The van der Waals surface area contributed by atoms with Crippen LogP contribution < -0.4 is 9.47 Å². The Morgan fingerprint density at radius 1 is 0.688 bits per heavy atom. The highest BCUT2D eigenvalue weighted by atomic mass is 19.3. The minimum atomic E-state index is -4.57. The average molecular weight is 466 g/mol. The topological polar surface area (TPSA) is 18.5 Å². The molecule has 0 saturated carbocycles. The molecule has 0 spiro atoms. The van der Waals surface area contributed by atoms with Crippen molar-refractivity contribution in [1.29, 1.82) is 0 Å². The zero-order valence-corrected chi connectivity index (χ0v) is 15.9. The normalized spacial score (nSPS) is 11.6. The first-order chi connectivity index (χ1) is 14.9. The molecule has 3 rings (SSSR count). The van der Waals surface area contributed by atoms with Gasteiger partial charge in [0.25, 0.3) is 0 Å². The monoisotopic (exact) mass is 466 g/mol. The summed E-state index contributed by atoms with van der Waals surface area (Å²) >= 11 is 0. The molecule has 0 N–H and O–H groups in total. The van der Waals surface area contributed by atoms with Gasteiger partial charge in [0.1, 0.15) is 12.2 Å². The van der Waals surface area contributed by atoms with Gasteiger partial charge in [0.05, 0.1) is 0 Å². The second kappa shape index (κ2) is 8.64. The van der Waals surface area contributed by atoms with Crippen LogP contribution in [0.15, 0.2) is 36.4 Å². The van der Waals surface area contributed by atoms with Crippen molar-refractivity contribution in [2.24, 2.45) is 0 Å². The van der Waals surface area contributed by atoms with E-state index in [1.54, 1.807) is 0 Å². The predicted octanol–water partition coefficient (Wildman–Crippen LogP) is 6.68. The van der Waals surface area contributed by atoms with Crippen LogP contribution in [-0.4, -0.2) is 0 Å². The minimum absolute atomic E-state index is 0.262. The SMILES string of the molecule is Cc1ccc(C(F)(F)Oc2ccc(OCc3cc(F)c(F)c(F)c3)c(F)c2F)c(F)c1F. The lowest BCUT2D eigenvalue weighted by Gasteiger charge is -2.20. The van der Waals surface area contributed by atoms with Crippen molar-refractivity contribution >= 4 is 0 Å². The number of hydrogen-bond acceptors (Lipinski definition) is 2. The Morgan fingerprint density at radius 3 is 1.88 bits per heavy atom. The summed E-state index contributed by atoms with van der Waals surface area (Å²) in [4.78, 5) is 0. The van der Waals surface area contributed by atoms with E-state index in [2.05, 4.69) is 4.74 Å². The summed E-state index contributed by atoms with van der Waals surface area (Å²) in [7, 11) is 0. The molecule has 0 aliphatic carbocycles. The van der Waals surface area contributed by atoms with Crippen LogP contribution in [0.25, 0.3) is 0 Å². The third-order valence-electron chi connectivity index (χ3n) is 4.28.